The molecule has 3 N–H and O–H groups in total. The van der Waals surface area contributed by atoms with E-state index in [4.69, 9.17) is 11.6 Å². The molecule has 1 saturated heterocycles. The van der Waals surface area contributed by atoms with Crippen LogP contribution in [0, 0.1) is 5.92 Å². The summed E-state index contributed by atoms with van der Waals surface area (Å²) in [5.41, 5.74) is 0. The summed E-state index contributed by atoms with van der Waals surface area (Å²) in [6.07, 6.45) is 2.03. The van der Waals surface area contributed by atoms with Crippen molar-refractivity contribution < 1.29 is 5.11 Å². The first-order valence-electron chi connectivity index (χ1n) is 8.76. The zero-order chi connectivity index (χ0) is 17.4. The monoisotopic (exact) mass is 372 g/mol. The normalized spacial score (nSPS) is 20.8. The molecule has 1 aromatic rings. The predicted molar refractivity (Wildman–Crippen MR) is 103 cm³/mol. The molecule has 0 aromatic carbocycles. The number of aliphatic imine (C=N–C) groups is 1. The maximum Gasteiger partial charge on any atom is 0.191 e. The minimum atomic E-state index is -0.610. The van der Waals surface area contributed by atoms with Gasteiger partial charge in [-0.05, 0) is 44.4 Å². The summed E-state index contributed by atoms with van der Waals surface area (Å²) in [5, 5.41) is 16.8. The summed E-state index contributed by atoms with van der Waals surface area (Å²) < 4.78 is 0.689. The van der Waals surface area contributed by atoms with Gasteiger partial charge in [-0.25, -0.2) is 0 Å². The lowest BCUT2D eigenvalue weighted by atomic mass is 10.0. The number of nitrogens with one attached hydrogen (secondary N) is 2. The van der Waals surface area contributed by atoms with E-state index >= 15 is 0 Å². The molecule has 136 valence electrons. The Bertz CT molecular complexity index is 522. The summed E-state index contributed by atoms with van der Waals surface area (Å²) >= 11 is 7.31. The highest BCUT2D eigenvalue weighted by Crippen LogP contribution is 2.26. The van der Waals surface area contributed by atoms with E-state index in [1.54, 1.807) is 6.07 Å². The van der Waals surface area contributed by atoms with Crippen molar-refractivity contribution in [3.63, 3.8) is 0 Å². The van der Waals surface area contributed by atoms with Crippen molar-refractivity contribution in [2.45, 2.75) is 32.8 Å². The smallest absolute Gasteiger partial charge is 0.191 e. The maximum atomic E-state index is 10.2. The van der Waals surface area contributed by atoms with Gasteiger partial charge in [0.25, 0.3) is 0 Å². The number of piperidine rings is 1. The number of hydrogen-bond donors (Lipinski definition) is 3. The first kappa shape index (κ1) is 19.5. The molecule has 0 spiro atoms. The highest BCUT2D eigenvalue weighted by atomic mass is 35.5. The van der Waals surface area contributed by atoms with Crippen LogP contribution in [0.3, 0.4) is 0 Å². The van der Waals surface area contributed by atoms with E-state index in [1.165, 1.54) is 37.3 Å². The average molecular weight is 373 g/mol. The van der Waals surface area contributed by atoms with Gasteiger partial charge < -0.3 is 20.6 Å². The van der Waals surface area contributed by atoms with Gasteiger partial charge in [0.2, 0.25) is 0 Å². The molecule has 0 amide bonds. The summed E-state index contributed by atoms with van der Waals surface area (Å²) in [5.74, 6) is 1.55. The van der Waals surface area contributed by atoms with Crippen LogP contribution in [0.1, 0.15) is 37.7 Å². The van der Waals surface area contributed by atoms with Crippen LogP contribution >= 0.6 is 22.9 Å². The molecule has 0 aliphatic carbocycles. The fourth-order valence-corrected chi connectivity index (χ4v) is 3.98. The molecule has 1 fully saturated rings. The number of guanidine groups is 1. The van der Waals surface area contributed by atoms with Crippen LogP contribution < -0.4 is 10.6 Å². The van der Waals surface area contributed by atoms with Crippen LogP contribution in [-0.4, -0.2) is 55.2 Å². The molecule has 2 rings (SSSR count). The van der Waals surface area contributed by atoms with Crippen LogP contribution in [0.25, 0.3) is 0 Å². The van der Waals surface area contributed by atoms with Crippen molar-refractivity contribution in [3.05, 3.63) is 21.3 Å². The molecular formula is C17H29ClN4OS. The van der Waals surface area contributed by atoms with E-state index in [1.807, 2.05) is 13.0 Å². The zero-order valence-electron chi connectivity index (χ0n) is 14.6. The van der Waals surface area contributed by atoms with Crippen molar-refractivity contribution in [3.8, 4) is 0 Å². The van der Waals surface area contributed by atoms with Gasteiger partial charge in [-0.2, -0.15) is 0 Å². The number of nitrogens with zero attached hydrogens (tertiary/aromatic N) is 2. The lowest BCUT2D eigenvalue weighted by molar-refractivity contribution is 0.186. The van der Waals surface area contributed by atoms with Crippen LogP contribution in [0.5, 0.6) is 0 Å². The van der Waals surface area contributed by atoms with Gasteiger partial charge >= 0.3 is 0 Å². The predicted octanol–water partition coefficient (Wildman–Crippen LogP) is 2.72. The second kappa shape index (κ2) is 10.2. The van der Waals surface area contributed by atoms with Crippen LogP contribution in [-0.2, 0) is 0 Å². The Balaban J connectivity index is 1.77. The average Bonchev–Trinajstić information content (AvgIpc) is 2.99. The van der Waals surface area contributed by atoms with E-state index in [-0.39, 0.29) is 0 Å². The lowest BCUT2D eigenvalue weighted by Gasteiger charge is -2.30. The number of aliphatic hydroxyl groups excluding tert-OH is 1. The Morgan fingerprint density at radius 2 is 2.33 bits per heavy atom. The van der Waals surface area contributed by atoms with E-state index in [0.29, 0.717) is 10.9 Å². The molecular weight excluding hydrogens is 344 g/mol. The molecule has 7 heteroatoms. The standard InChI is InChI=1S/C17H29ClN4OS/c1-3-19-17(20-8-10-22-9-4-5-13(2)12-22)21-11-14(23)15-6-7-16(18)24-15/h6-7,13-14,23H,3-5,8-12H2,1-2H3,(H2,19,20,21). The highest BCUT2D eigenvalue weighted by Gasteiger charge is 2.15. The third kappa shape index (κ3) is 6.59. The number of aliphatic hydroxyl groups is 1. The van der Waals surface area contributed by atoms with Crippen LogP contribution in [0.2, 0.25) is 4.34 Å². The van der Waals surface area contributed by atoms with Crippen molar-refractivity contribution >= 4 is 28.9 Å². The molecule has 0 bridgehead atoms. The van der Waals surface area contributed by atoms with Gasteiger partial charge in [-0.1, -0.05) is 18.5 Å². The quantitative estimate of drug-likeness (QED) is 0.508. The molecule has 0 radical (unpaired) electrons. The Morgan fingerprint density at radius 3 is 3.00 bits per heavy atom. The fourth-order valence-electron chi connectivity index (χ4n) is 2.94. The Hall–Kier alpha value is -0.820. The highest BCUT2D eigenvalue weighted by molar-refractivity contribution is 7.16. The van der Waals surface area contributed by atoms with Gasteiger partial charge in [0.05, 0.1) is 10.9 Å². The van der Waals surface area contributed by atoms with E-state index < -0.39 is 6.10 Å². The maximum absolute atomic E-state index is 10.2. The van der Waals surface area contributed by atoms with Gasteiger partial charge in [-0.15, -0.1) is 11.3 Å². The number of thiophene rings is 1. The van der Waals surface area contributed by atoms with E-state index in [2.05, 4.69) is 27.4 Å². The van der Waals surface area contributed by atoms with Crippen molar-refractivity contribution in [2.24, 2.45) is 10.9 Å². The SMILES string of the molecule is CCNC(=NCC(O)c1ccc(Cl)s1)NCCN1CCCC(C)C1. The Labute approximate surface area is 154 Å². The van der Waals surface area contributed by atoms with Gasteiger partial charge in [-0.3, -0.25) is 4.99 Å². The van der Waals surface area contributed by atoms with Gasteiger partial charge in [0, 0.05) is 31.1 Å². The molecule has 2 heterocycles. The summed E-state index contributed by atoms with van der Waals surface area (Å²) in [6, 6.07) is 3.66. The number of likely N-dealkylation sites (tertiary alicyclic amines) is 1. The first-order valence-corrected chi connectivity index (χ1v) is 9.95. The zero-order valence-corrected chi connectivity index (χ0v) is 16.2. The van der Waals surface area contributed by atoms with Gasteiger partial charge in [0.15, 0.2) is 5.96 Å². The number of rotatable bonds is 7. The molecule has 1 aromatic heterocycles. The number of hydrogen-bond acceptors (Lipinski definition) is 4. The Morgan fingerprint density at radius 1 is 1.50 bits per heavy atom. The summed E-state index contributed by atoms with van der Waals surface area (Å²) in [6.45, 7) is 9.75. The molecule has 1 aliphatic heterocycles. The van der Waals surface area contributed by atoms with Crippen molar-refractivity contribution in [1.29, 1.82) is 0 Å². The summed E-state index contributed by atoms with van der Waals surface area (Å²) in [7, 11) is 0. The first-order chi connectivity index (χ1) is 11.6. The molecule has 2 unspecified atom stereocenters. The molecule has 5 nitrogen and oxygen atoms in total. The fraction of sp³-hybridized carbons (Fsp3) is 0.706. The summed E-state index contributed by atoms with van der Waals surface area (Å²) in [4.78, 5) is 7.84. The second-order valence-electron chi connectivity index (χ2n) is 6.35. The molecule has 24 heavy (non-hydrogen) atoms. The molecule has 0 saturated carbocycles. The van der Waals surface area contributed by atoms with Crippen molar-refractivity contribution in [1.82, 2.24) is 15.5 Å². The minimum Gasteiger partial charge on any atom is -0.386 e. The number of halogens is 1. The molecule has 1 aliphatic rings. The molecule has 2 atom stereocenters. The third-order valence-electron chi connectivity index (χ3n) is 4.15. The van der Waals surface area contributed by atoms with E-state index in [0.717, 1.165) is 36.4 Å². The van der Waals surface area contributed by atoms with Gasteiger partial charge in [0.1, 0.15) is 6.10 Å². The largest absolute Gasteiger partial charge is 0.386 e. The van der Waals surface area contributed by atoms with Crippen LogP contribution in [0.4, 0.5) is 0 Å². The van der Waals surface area contributed by atoms with Crippen molar-refractivity contribution in [2.75, 3.05) is 39.3 Å². The third-order valence-corrected chi connectivity index (χ3v) is 5.48. The van der Waals surface area contributed by atoms with E-state index in [9.17, 15) is 5.11 Å². The second-order valence-corrected chi connectivity index (χ2v) is 8.10. The Kier molecular flexibility index (Phi) is 8.32. The topological polar surface area (TPSA) is 59.9 Å². The minimum absolute atomic E-state index is 0.326. The van der Waals surface area contributed by atoms with Crippen LogP contribution in [0.15, 0.2) is 17.1 Å². The lowest BCUT2D eigenvalue weighted by Crippen LogP contribution is -2.43.